The fourth-order valence-electron chi connectivity index (χ4n) is 2.35. The number of aromatic nitrogens is 2. The molecular weight excluding hydrogens is 338 g/mol. The molecule has 0 radical (unpaired) electrons. The van der Waals surface area contributed by atoms with Crippen molar-refractivity contribution >= 4 is 39.2 Å². The maximum absolute atomic E-state index is 12.7. The van der Waals surface area contributed by atoms with Gasteiger partial charge in [-0.2, -0.15) is 0 Å². The smallest absolute Gasteiger partial charge is 0.236 e. The Kier molecular flexibility index (Phi) is 6.57. The Balaban J connectivity index is 2.27. The van der Waals surface area contributed by atoms with Crippen molar-refractivity contribution in [2.45, 2.75) is 37.5 Å². The van der Waals surface area contributed by atoms with Gasteiger partial charge in [-0.1, -0.05) is 30.8 Å². The Labute approximate surface area is 151 Å². The van der Waals surface area contributed by atoms with Crippen molar-refractivity contribution in [3.8, 4) is 0 Å². The lowest BCUT2D eigenvalue weighted by molar-refractivity contribution is -0.129. The highest BCUT2D eigenvalue weighted by Gasteiger charge is 2.22. The van der Waals surface area contributed by atoms with Gasteiger partial charge in [0, 0.05) is 23.4 Å². The van der Waals surface area contributed by atoms with Gasteiger partial charge < -0.3 is 4.90 Å². The van der Waals surface area contributed by atoms with E-state index >= 15 is 0 Å². The molecule has 1 atom stereocenters. The first-order valence-corrected chi connectivity index (χ1v) is 9.64. The minimum absolute atomic E-state index is 0.0650. The number of amides is 1. The van der Waals surface area contributed by atoms with Gasteiger partial charge in [-0.25, -0.2) is 9.97 Å². The zero-order chi connectivity index (χ0) is 17.7. The number of carbonyl (C=O) groups excluding carboxylic acids is 1. The highest BCUT2D eigenvalue weighted by atomic mass is 32.2. The lowest BCUT2D eigenvalue weighted by atomic mass is 10.3. The molecule has 0 saturated heterocycles. The molecule has 2 aromatic rings. The van der Waals surface area contributed by atoms with E-state index in [1.165, 1.54) is 16.6 Å². The number of thiophene rings is 1. The molecule has 2 aromatic heterocycles. The number of fused-ring (bicyclic) bond motifs is 1. The van der Waals surface area contributed by atoms with E-state index in [-0.39, 0.29) is 11.2 Å². The second-order valence-electron chi connectivity index (χ2n) is 5.44. The molecule has 0 aromatic carbocycles. The van der Waals surface area contributed by atoms with E-state index < -0.39 is 0 Å². The third-order valence-corrected chi connectivity index (χ3v) is 5.78. The molecule has 24 heavy (non-hydrogen) atoms. The molecule has 0 spiro atoms. The van der Waals surface area contributed by atoms with Crippen molar-refractivity contribution in [1.29, 1.82) is 0 Å². The average molecular weight is 362 g/mol. The van der Waals surface area contributed by atoms with Gasteiger partial charge in [-0.15, -0.1) is 24.5 Å². The maximum Gasteiger partial charge on any atom is 0.236 e. The third kappa shape index (κ3) is 4.24. The lowest BCUT2D eigenvalue weighted by Gasteiger charge is -2.23. The number of carbonyl (C=O) groups is 1. The van der Waals surface area contributed by atoms with Gasteiger partial charge in [0.05, 0.1) is 5.25 Å². The molecule has 2 heterocycles. The van der Waals surface area contributed by atoms with Crippen LogP contribution in [0.4, 0.5) is 0 Å². The Hall–Kier alpha value is -1.66. The molecular formula is C18H23N3OS2. The molecule has 4 nitrogen and oxygen atoms in total. The summed E-state index contributed by atoms with van der Waals surface area (Å²) < 4.78 is 0. The van der Waals surface area contributed by atoms with Crippen LogP contribution in [0.3, 0.4) is 0 Å². The van der Waals surface area contributed by atoms with E-state index in [0.717, 1.165) is 27.5 Å². The van der Waals surface area contributed by atoms with E-state index in [9.17, 15) is 4.79 Å². The summed E-state index contributed by atoms with van der Waals surface area (Å²) in [5, 5.41) is 1.70. The fourth-order valence-corrected chi connectivity index (χ4v) is 4.48. The number of nitrogens with zero attached hydrogens (tertiary/aromatic N) is 3. The summed E-state index contributed by atoms with van der Waals surface area (Å²) in [6, 6.07) is 2.14. The Morgan fingerprint density at radius 2 is 2.04 bits per heavy atom. The Morgan fingerprint density at radius 3 is 2.62 bits per heavy atom. The molecule has 0 bridgehead atoms. The normalized spacial score (nSPS) is 12.1. The first kappa shape index (κ1) is 18.7. The van der Waals surface area contributed by atoms with E-state index in [2.05, 4.69) is 36.1 Å². The van der Waals surface area contributed by atoms with Crippen LogP contribution in [0.25, 0.3) is 10.2 Å². The lowest BCUT2D eigenvalue weighted by Crippen LogP contribution is -2.36. The van der Waals surface area contributed by atoms with Gasteiger partial charge in [-0.05, 0) is 26.3 Å². The molecule has 1 amide bonds. The van der Waals surface area contributed by atoms with Crippen LogP contribution >= 0.6 is 23.1 Å². The maximum atomic E-state index is 12.7. The van der Waals surface area contributed by atoms with E-state index in [1.54, 1.807) is 28.4 Å². The standard InChI is InChI=1S/C18H23N3OS2/c1-6-9-21(10-7-2)18(22)12(4)23-16-15-11-14(8-3)24-17(15)20-13(5)19-16/h6-7,11-12H,1-2,8-10H2,3-5H3. The van der Waals surface area contributed by atoms with Gasteiger partial charge in [0.25, 0.3) is 0 Å². The fraction of sp³-hybridized carbons (Fsp3) is 0.389. The first-order valence-electron chi connectivity index (χ1n) is 7.94. The zero-order valence-corrected chi connectivity index (χ0v) is 16.0. The number of rotatable bonds is 8. The summed E-state index contributed by atoms with van der Waals surface area (Å²) in [6.07, 6.45) is 4.45. The van der Waals surface area contributed by atoms with Crippen LogP contribution in [0.15, 0.2) is 36.4 Å². The van der Waals surface area contributed by atoms with Crippen LogP contribution in [-0.4, -0.2) is 39.1 Å². The second-order valence-corrected chi connectivity index (χ2v) is 7.89. The summed E-state index contributed by atoms with van der Waals surface area (Å²) in [7, 11) is 0. The molecule has 0 saturated carbocycles. The number of thioether (sulfide) groups is 1. The van der Waals surface area contributed by atoms with Crippen molar-refractivity contribution in [3.05, 3.63) is 42.1 Å². The molecule has 0 aliphatic carbocycles. The Morgan fingerprint density at radius 1 is 1.38 bits per heavy atom. The van der Waals surface area contributed by atoms with Crippen molar-refractivity contribution in [2.24, 2.45) is 0 Å². The molecule has 1 unspecified atom stereocenters. The summed E-state index contributed by atoms with van der Waals surface area (Å²) in [6.45, 7) is 14.4. The molecule has 0 fully saturated rings. The summed E-state index contributed by atoms with van der Waals surface area (Å²) in [5.74, 6) is 0.804. The second kappa shape index (κ2) is 8.44. The van der Waals surface area contributed by atoms with Crippen LogP contribution in [0.5, 0.6) is 0 Å². The molecule has 0 aliphatic heterocycles. The SMILES string of the molecule is C=CCN(CC=C)C(=O)C(C)Sc1nc(C)nc2sc(CC)cc12. The van der Waals surface area contributed by atoms with Gasteiger partial charge in [0.2, 0.25) is 5.91 Å². The van der Waals surface area contributed by atoms with Crippen molar-refractivity contribution in [2.75, 3.05) is 13.1 Å². The summed E-state index contributed by atoms with van der Waals surface area (Å²) in [5.41, 5.74) is 0. The molecule has 6 heteroatoms. The first-order chi connectivity index (χ1) is 11.5. The predicted octanol–water partition coefficient (Wildman–Crippen LogP) is 4.24. The highest BCUT2D eigenvalue weighted by Crippen LogP contribution is 2.34. The van der Waals surface area contributed by atoms with Gasteiger partial charge in [-0.3, -0.25) is 4.79 Å². The van der Waals surface area contributed by atoms with Crippen LogP contribution in [0.2, 0.25) is 0 Å². The number of aryl methyl sites for hydroxylation is 2. The monoisotopic (exact) mass is 361 g/mol. The van der Waals surface area contributed by atoms with E-state index in [1.807, 2.05) is 13.8 Å². The number of hydrogen-bond acceptors (Lipinski definition) is 5. The van der Waals surface area contributed by atoms with Gasteiger partial charge >= 0.3 is 0 Å². The van der Waals surface area contributed by atoms with Crippen LogP contribution in [-0.2, 0) is 11.2 Å². The van der Waals surface area contributed by atoms with Crippen molar-refractivity contribution in [1.82, 2.24) is 14.9 Å². The summed E-state index contributed by atoms with van der Waals surface area (Å²) >= 11 is 3.19. The quantitative estimate of drug-likeness (QED) is 0.401. The average Bonchev–Trinajstić information content (AvgIpc) is 2.97. The Bertz CT molecular complexity index is 744. The highest BCUT2D eigenvalue weighted by molar-refractivity contribution is 8.00. The predicted molar refractivity (Wildman–Crippen MR) is 104 cm³/mol. The van der Waals surface area contributed by atoms with Gasteiger partial charge in [0.15, 0.2) is 0 Å². The minimum atomic E-state index is -0.229. The van der Waals surface area contributed by atoms with Crippen LogP contribution in [0.1, 0.15) is 24.5 Å². The van der Waals surface area contributed by atoms with Crippen molar-refractivity contribution in [3.63, 3.8) is 0 Å². The number of hydrogen-bond donors (Lipinski definition) is 0. The zero-order valence-electron chi connectivity index (χ0n) is 14.4. The molecule has 128 valence electrons. The molecule has 2 rings (SSSR count). The van der Waals surface area contributed by atoms with E-state index in [0.29, 0.717) is 13.1 Å². The largest absolute Gasteiger partial charge is 0.334 e. The third-order valence-electron chi connectivity index (χ3n) is 3.52. The minimum Gasteiger partial charge on any atom is -0.334 e. The van der Waals surface area contributed by atoms with Gasteiger partial charge in [0.1, 0.15) is 15.7 Å². The molecule has 0 aliphatic rings. The van der Waals surface area contributed by atoms with E-state index in [4.69, 9.17) is 0 Å². The summed E-state index contributed by atoms with van der Waals surface area (Å²) in [4.78, 5) is 25.8. The van der Waals surface area contributed by atoms with Crippen LogP contribution in [0, 0.1) is 6.92 Å². The van der Waals surface area contributed by atoms with Crippen LogP contribution < -0.4 is 0 Å². The molecule has 0 N–H and O–H groups in total. The topological polar surface area (TPSA) is 46.1 Å². The van der Waals surface area contributed by atoms with Crippen molar-refractivity contribution < 1.29 is 4.79 Å².